The van der Waals surface area contributed by atoms with Crippen LogP contribution in [0.5, 0.6) is 5.75 Å². The van der Waals surface area contributed by atoms with Crippen LogP contribution in [-0.4, -0.2) is 30.5 Å². The number of benzene rings is 3. The van der Waals surface area contributed by atoms with E-state index in [9.17, 15) is 14.4 Å². The standard InChI is InChI=1S/C27H28N4O4/c1-17-8-9-18(2)23(14-17)29-24(32)16-35-22-12-10-21(11-13-22)15-28-31-27(34)26(33)30-25-19(3)6-5-7-20(25)4/h5-15H,16H2,1-4H3,(H,29,32)(H,30,33)(H,31,34)/b28-15-. The molecule has 0 radical (unpaired) electrons. The maximum atomic E-state index is 12.2. The van der Waals surface area contributed by atoms with Gasteiger partial charge in [0, 0.05) is 11.4 Å². The highest BCUT2D eigenvalue weighted by Crippen LogP contribution is 2.19. The molecular formula is C27H28N4O4. The number of aryl methyl sites for hydroxylation is 4. The molecule has 8 nitrogen and oxygen atoms in total. The Morgan fingerprint density at radius 1 is 0.829 bits per heavy atom. The molecule has 3 N–H and O–H groups in total. The molecule has 35 heavy (non-hydrogen) atoms. The molecule has 0 atom stereocenters. The van der Waals surface area contributed by atoms with Gasteiger partial charge in [0.25, 0.3) is 5.91 Å². The quantitative estimate of drug-likeness (QED) is 0.274. The highest BCUT2D eigenvalue weighted by molar-refractivity contribution is 6.39. The van der Waals surface area contributed by atoms with E-state index in [2.05, 4.69) is 21.2 Å². The summed E-state index contributed by atoms with van der Waals surface area (Å²) in [5, 5.41) is 9.27. The molecule has 0 heterocycles. The number of carbonyl (C=O) groups excluding carboxylic acids is 3. The minimum atomic E-state index is -0.876. The first-order chi connectivity index (χ1) is 16.7. The van der Waals surface area contributed by atoms with Crippen LogP contribution in [0.2, 0.25) is 0 Å². The van der Waals surface area contributed by atoms with Crippen molar-refractivity contribution >= 4 is 35.3 Å². The predicted octanol–water partition coefficient (Wildman–Crippen LogP) is 4.03. The van der Waals surface area contributed by atoms with Crippen molar-refractivity contribution in [1.29, 1.82) is 0 Å². The number of para-hydroxylation sites is 1. The number of hydrazone groups is 1. The highest BCUT2D eigenvalue weighted by atomic mass is 16.5. The number of carbonyl (C=O) groups is 3. The van der Waals surface area contributed by atoms with E-state index >= 15 is 0 Å². The Kier molecular flexibility index (Phi) is 8.34. The van der Waals surface area contributed by atoms with Crippen LogP contribution in [0, 0.1) is 27.7 Å². The summed E-state index contributed by atoms with van der Waals surface area (Å²) < 4.78 is 5.54. The normalized spacial score (nSPS) is 10.6. The summed E-state index contributed by atoms with van der Waals surface area (Å²) in [7, 11) is 0. The van der Waals surface area contributed by atoms with Crippen molar-refractivity contribution in [2.75, 3.05) is 17.2 Å². The SMILES string of the molecule is Cc1ccc(C)c(NC(=O)COc2ccc(/C=N\NC(=O)C(=O)Nc3c(C)cccc3C)cc2)c1. The van der Waals surface area contributed by atoms with Gasteiger partial charge in [-0.2, -0.15) is 5.10 Å². The first kappa shape index (κ1) is 25.2. The van der Waals surface area contributed by atoms with Gasteiger partial charge in [-0.25, -0.2) is 5.43 Å². The number of anilines is 2. The van der Waals surface area contributed by atoms with Crippen molar-refractivity contribution in [2.24, 2.45) is 5.10 Å². The Morgan fingerprint density at radius 3 is 2.20 bits per heavy atom. The minimum absolute atomic E-state index is 0.133. The number of rotatable bonds is 7. The average Bonchev–Trinajstić information content (AvgIpc) is 2.83. The smallest absolute Gasteiger partial charge is 0.329 e. The van der Waals surface area contributed by atoms with Gasteiger partial charge >= 0.3 is 11.8 Å². The Bertz CT molecular complexity index is 1250. The van der Waals surface area contributed by atoms with Crippen LogP contribution in [0.3, 0.4) is 0 Å². The highest BCUT2D eigenvalue weighted by Gasteiger charge is 2.15. The zero-order valence-electron chi connectivity index (χ0n) is 20.1. The van der Waals surface area contributed by atoms with Crippen LogP contribution < -0.4 is 20.8 Å². The van der Waals surface area contributed by atoms with Crippen molar-refractivity contribution in [2.45, 2.75) is 27.7 Å². The largest absolute Gasteiger partial charge is 0.484 e. The first-order valence-electron chi connectivity index (χ1n) is 11.0. The monoisotopic (exact) mass is 472 g/mol. The lowest BCUT2D eigenvalue weighted by Crippen LogP contribution is -2.32. The summed E-state index contributed by atoms with van der Waals surface area (Å²) >= 11 is 0. The first-order valence-corrected chi connectivity index (χ1v) is 11.0. The van der Waals surface area contributed by atoms with Crippen molar-refractivity contribution in [3.63, 3.8) is 0 Å². The Balaban J connectivity index is 1.46. The second-order valence-corrected chi connectivity index (χ2v) is 8.14. The van der Waals surface area contributed by atoms with Crippen LogP contribution >= 0.6 is 0 Å². The molecule has 8 heteroatoms. The van der Waals surface area contributed by atoms with Gasteiger partial charge in [-0.3, -0.25) is 14.4 Å². The molecule has 3 rings (SSSR count). The number of nitrogens with zero attached hydrogens (tertiary/aromatic N) is 1. The van der Waals surface area contributed by atoms with Gasteiger partial charge in [0.05, 0.1) is 6.21 Å². The lowest BCUT2D eigenvalue weighted by Gasteiger charge is -2.10. The fraction of sp³-hybridized carbons (Fsp3) is 0.185. The molecule has 3 amide bonds. The van der Waals surface area contributed by atoms with E-state index in [0.717, 1.165) is 27.9 Å². The third-order valence-electron chi connectivity index (χ3n) is 5.22. The van der Waals surface area contributed by atoms with Crippen LogP contribution in [-0.2, 0) is 14.4 Å². The zero-order valence-corrected chi connectivity index (χ0v) is 20.1. The van der Waals surface area contributed by atoms with Crippen LogP contribution in [0.15, 0.2) is 65.8 Å². The van der Waals surface area contributed by atoms with E-state index in [1.165, 1.54) is 6.21 Å². The third-order valence-corrected chi connectivity index (χ3v) is 5.22. The number of nitrogens with one attached hydrogen (secondary N) is 3. The van der Waals surface area contributed by atoms with Gasteiger partial charge in [-0.15, -0.1) is 0 Å². The maximum absolute atomic E-state index is 12.2. The molecule has 0 fully saturated rings. The van der Waals surface area contributed by atoms with Gasteiger partial charge in [0.1, 0.15) is 5.75 Å². The van der Waals surface area contributed by atoms with E-state index in [1.54, 1.807) is 24.3 Å². The van der Waals surface area contributed by atoms with E-state index in [4.69, 9.17) is 4.74 Å². The van der Waals surface area contributed by atoms with Crippen molar-refractivity contribution in [3.8, 4) is 5.75 Å². The van der Waals surface area contributed by atoms with Crippen molar-refractivity contribution < 1.29 is 19.1 Å². The minimum Gasteiger partial charge on any atom is -0.484 e. The second-order valence-electron chi connectivity index (χ2n) is 8.14. The molecule has 0 saturated carbocycles. The van der Waals surface area contributed by atoms with Gasteiger partial charge in [0.2, 0.25) is 0 Å². The van der Waals surface area contributed by atoms with E-state index in [0.29, 0.717) is 17.0 Å². The third kappa shape index (κ3) is 7.26. The number of hydrogen-bond acceptors (Lipinski definition) is 5. The molecule has 0 aromatic heterocycles. The van der Waals surface area contributed by atoms with Gasteiger partial charge in [-0.05, 0) is 85.8 Å². The predicted molar refractivity (Wildman–Crippen MR) is 137 cm³/mol. The summed E-state index contributed by atoms with van der Waals surface area (Å²) in [6, 6.07) is 18.2. The zero-order chi connectivity index (χ0) is 25.4. The van der Waals surface area contributed by atoms with Gasteiger partial charge in [0.15, 0.2) is 6.61 Å². The van der Waals surface area contributed by atoms with Crippen LogP contribution in [0.1, 0.15) is 27.8 Å². The van der Waals surface area contributed by atoms with E-state index in [-0.39, 0.29) is 12.5 Å². The molecule has 3 aromatic carbocycles. The van der Waals surface area contributed by atoms with Crippen molar-refractivity contribution in [1.82, 2.24) is 5.43 Å². The van der Waals surface area contributed by atoms with Gasteiger partial charge in [-0.1, -0.05) is 30.3 Å². The number of hydrogen-bond donors (Lipinski definition) is 3. The Morgan fingerprint density at radius 2 is 1.51 bits per heavy atom. The molecule has 0 aliphatic carbocycles. The van der Waals surface area contributed by atoms with E-state index in [1.807, 2.05) is 64.1 Å². The molecule has 0 bridgehead atoms. The van der Waals surface area contributed by atoms with Crippen molar-refractivity contribution in [3.05, 3.63) is 88.5 Å². The Hall–Kier alpha value is -4.46. The topological polar surface area (TPSA) is 109 Å². The van der Waals surface area contributed by atoms with Gasteiger partial charge < -0.3 is 15.4 Å². The average molecular weight is 473 g/mol. The van der Waals surface area contributed by atoms with E-state index < -0.39 is 11.8 Å². The summed E-state index contributed by atoms with van der Waals surface area (Å²) in [4.78, 5) is 36.4. The molecule has 3 aromatic rings. The molecule has 0 aliphatic rings. The fourth-order valence-corrected chi connectivity index (χ4v) is 3.25. The number of amides is 3. The molecule has 180 valence electrons. The molecule has 0 saturated heterocycles. The maximum Gasteiger partial charge on any atom is 0.329 e. The van der Waals surface area contributed by atoms with Crippen LogP contribution in [0.4, 0.5) is 11.4 Å². The molecular weight excluding hydrogens is 444 g/mol. The second kappa shape index (κ2) is 11.6. The Labute approximate surface area is 204 Å². The summed E-state index contributed by atoms with van der Waals surface area (Å²) in [5.41, 5.74) is 8.00. The number of ether oxygens (including phenoxy) is 1. The van der Waals surface area contributed by atoms with Crippen LogP contribution in [0.25, 0.3) is 0 Å². The molecule has 0 unspecified atom stereocenters. The molecule has 0 aliphatic heterocycles. The summed E-state index contributed by atoms with van der Waals surface area (Å²) in [5.74, 6) is -1.43. The lowest BCUT2D eigenvalue weighted by molar-refractivity contribution is -0.136. The lowest BCUT2D eigenvalue weighted by atomic mass is 10.1. The summed E-state index contributed by atoms with van der Waals surface area (Å²) in [6.45, 7) is 7.46. The molecule has 0 spiro atoms. The summed E-state index contributed by atoms with van der Waals surface area (Å²) in [6.07, 6.45) is 1.40. The fourth-order valence-electron chi connectivity index (χ4n) is 3.25.